The maximum absolute atomic E-state index is 10.8. The molecule has 17 heavy (non-hydrogen) atoms. The second-order valence-electron chi connectivity index (χ2n) is 6.49. The lowest BCUT2D eigenvalue weighted by atomic mass is 9.60. The highest BCUT2D eigenvalue weighted by molar-refractivity contribution is 5.12. The van der Waals surface area contributed by atoms with Gasteiger partial charge in [-0.2, -0.15) is 5.26 Å². The predicted molar refractivity (Wildman–Crippen MR) is 68.3 cm³/mol. The van der Waals surface area contributed by atoms with E-state index in [0.717, 1.165) is 32.1 Å². The Labute approximate surface area is 105 Å². The summed E-state index contributed by atoms with van der Waals surface area (Å²) in [6.45, 7) is 4.11. The number of nitriles is 1. The largest absolute Gasteiger partial charge is 0.389 e. The van der Waals surface area contributed by atoms with Gasteiger partial charge in [0.05, 0.1) is 17.1 Å². The maximum atomic E-state index is 10.8. The van der Waals surface area contributed by atoms with Crippen molar-refractivity contribution in [1.29, 1.82) is 5.26 Å². The highest BCUT2D eigenvalue weighted by Gasteiger charge is 2.51. The van der Waals surface area contributed by atoms with Gasteiger partial charge in [0.25, 0.3) is 0 Å². The van der Waals surface area contributed by atoms with Crippen molar-refractivity contribution in [3.8, 4) is 6.07 Å². The van der Waals surface area contributed by atoms with E-state index in [1.807, 2.05) is 6.92 Å². The van der Waals surface area contributed by atoms with E-state index >= 15 is 0 Å². The van der Waals surface area contributed by atoms with Crippen LogP contribution in [0.1, 0.15) is 65.2 Å². The molecule has 2 fully saturated rings. The lowest BCUT2D eigenvalue weighted by Crippen LogP contribution is -2.48. The molecule has 0 aliphatic heterocycles. The Hall–Kier alpha value is -0.550. The number of hydrogen-bond acceptors (Lipinski definition) is 2. The van der Waals surface area contributed by atoms with Gasteiger partial charge in [0, 0.05) is 0 Å². The molecule has 0 radical (unpaired) electrons. The van der Waals surface area contributed by atoms with Crippen molar-refractivity contribution in [3.05, 3.63) is 0 Å². The molecule has 0 aromatic carbocycles. The Morgan fingerprint density at radius 2 is 2.06 bits per heavy atom. The van der Waals surface area contributed by atoms with Crippen molar-refractivity contribution < 1.29 is 5.11 Å². The van der Waals surface area contributed by atoms with E-state index in [1.165, 1.54) is 19.3 Å². The summed E-state index contributed by atoms with van der Waals surface area (Å²) in [5, 5.41) is 20.4. The molecular formula is C15H25NO. The molecule has 1 N–H and O–H groups in total. The smallest absolute Gasteiger partial charge is 0.0860 e. The summed E-state index contributed by atoms with van der Waals surface area (Å²) in [7, 11) is 0. The molecule has 3 unspecified atom stereocenters. The number of rotatable bonds is 4. The minimum Gasteiger partial charge on any atom is -0.389 e. The van der Waals surface area contributed by atoms with E-state index in [1.54, 1.807) is 0 Å². The van der Waals surface area contributed by atoms with Crippen molar-refractivity contribution in [2.24, 2.45) is 17.3 Å². The first-order valence-corrected chi connectivity index (χ1v) is 7.16. The highest BCUT2D eigenvalue weighted by atomic mass is 16.3. The van der Waals surface area contributed by atoms with Gasteiger partial charge in [0.2, 0.25) is 0 Å². The molecular weight excluding hydrogens is 210 g/mol. The van der Waals surface area contributed by atoms with Crippen LogP contribution in [0, 0.1) is 28.6 Å². The number of aliphatic hydroxyl groups is 1. The van der Waals surface area contributed by atoms with Gasteiger partial charge in [-0.3, -0.25) is 0 Å². The van der Waals surface area contributed by atoms with Gasteiger partial charge in [0.15, 0.2) is 0 Å². The fraction of sp³-hybridized carbons (Fsp3) is 0.933. The quantitative estimate of drug-likeness (QED) is 0.808. The van der Waals surface area contributed by atoms with Crippen molar-refractivity contribution in [1.82, 2.24) is 0 Å². The van der Waals surface area contributed by atoms with Crippen LogP contribution in [0.5, 0.6) is 0 Å². The summed E-state index contributed by atoms with van der Waals surface area (Å²) in [6.07, 6.45) is 8.59. The average molecular weight is 235 g/mol. The molecule has 2 heteroatoms. The summed E-state index contributed by atoms with van der Waals surface area (Å²) in [5.41, 5.74) is -1.26. The van der Waals surface area contributed by atoms with Crippen LogP contribution in [-0.2, 0) is 0 Å². The van der Waals surface area contributed by atoms with Crippen LogP contribution in [0.15, 0.2) is 0 Å². The summed E-state index contributed by atoms with van der Waals surface area (Å²) >= 11 is 0. The highest BCUT2D eigenvalue weighted by Crippen LogP contribution is 2.51. The Bertz CT molecular complexity index is 313. The van der Waals surface area contributed by atoms with Crippen LogP contribution in [-0.4, -0.2) is 10.7 Å². The van der Waals surface area contributed by atoms with E-state index in [9.17, 15) is 10.4 Å². The van der Waals surface area contributed by atoms with Crippen molar-refractivity contribution in [2.45, 2.75) is 70.8 Å². The molecule has 0 saturated heterocycles. The molecule has 2 aliphatic rings. The molecule has 2 aliphatic carbocycles. The predicted octanol–water partition coefficient (Wildman–Crippen LogP) is 3.65. The first-order valence-electron chi connectivity index (χ1n) is 7.16. The third-order valence-corrected chi connectivity index (χ3v) is 5.06. The molecule has 2 saturated carbocycles. The molecule has 2 rings (SSSR count). The fourth-order valence-corrected chi connectivity index (χ4v) is 3.53. The van der Waals surface area contributed by atoms with Gasteiger partial charge < -0.3 is 5.11 Å². The maximum Gasteiger partial charge on any atom is 0.0860 e. The first kappa shape index (κ1) is 12.9. The lowest BCUT2D eigenvalue weighted by Gasteiger charge is -2.45. The summed E-state index contributed by atoms with van der Waals surface area (Å²) in [6, 6.07) is 2.51. The van der Waals surface area contributed by atoms with E-state index < -0.39 is 11.0 Å². The Balaban J connectivity index is 2.14. The Kier molecular flexibility index (Phi) is 3.50. The zero-order chi connectivity index (χ0) is 12.5. The molecule has 0 amide bonds. The minimum absolute atomic E-state index is 0.478. The van der Waals surface area contributed by atoms with E-state index in [-0.39, 0.29) is 0 Å². The lowest BCUT2D eigenvalue weighted by molar-refractivity contribution is -0.0770. The Morgan fingerprint density at radius 3 is 2.59 bits per heavy atom. The number of hydrogen-bond donors (Lipinski definition) is 1. The topological polar surface area (TPSA) is 44.0 Å². The molecule has 3 atom stereocenters. The SMILES string of the molecule is CCC1CCCC(C#N)(C(C)(O)CC2CC2)C1. The monoisotopic (exact) mass is 235 g/mol. The molecule has 2 nitrogen and oxygen atoms in total. The zero-order valence-corrected chi connectivity index (χ0v) is 11.2. The van der Waals surface area contributed by atoms with Crippen molar-refractivity contribution in [3.63, 3.8) is 0 Å². The van der Waals surface area contributed by atoms with E-state index in [2.05, 4.69) is 13.0 Å². The van der Waals surface area contributed by atoms with E-state index in [4.69, 9.17) is 0 Å². The zero-order valence-electron chi connectivity index (χ0n) is 11.2. The van der Waals surface area contributed by atoms with Gasteiger partial charge in [-0.15, -0.1) is 0 Å². The van der Waals surface area contributed by atoms with Gasteiger partial charge in [-0.25, -0.2) is 0 Å². The van der Waals surface area contributed by atoms with Gasteiger partial charge in [0.1, 0.15) is 0 Å². The fourth-order valence-electron chi connectivity index (χ4n) is 3.53. The summed E-state index contributed by atoms with van der Waals surface area (Å²) in [5.74, 6) is 1.31. The first-order chi connectivity index (χ1) is 8.03. The van der Waals surface area contributed by atoms with E-state index in [0.29, 0.717) is 11.8 Å². The average Bonchev–Trinajstić information content (AvgIpc) is 3.12. The molecule has 0 aromatic rings. The standard InChI is InChI=1S/C15H25NO/c1-3-12-5-4-8-15(10-12,11-16)14(2,17)9-13-6-7-13/h12-13,17H,3-10H2,1-2H3. The van der Waals surface area contributed by atoms with Crippen LogP contribution in [0.2, 0.25) is 0 Å². The number of nitrogens with zero attached hydrogens (tertiary/aromatic N) is 1. The van der Waals surface area contributed by atoms with Gasteiger partial charge >= 0.3 is 0 Å². The second-order valence-corrected chi connectivity index (χ2v) is 6.49. The summed E-state index contributed by atoms with van der Waals surface area (Å²) in [4.78, 5) is 0. The van der Waals surface area contributed by atoms with Crippen molar-refractivity contribution >= 4 is 0 Å². The summed E-state index contributed by atoms with van der Waals surface area (Å²) < 4.78 is 0. The van der Waals surface area contributed by atoms with Crippen molar-refractivity contribution in [2.75, 3.05) is 0 Å². The molecule has 0 heterocycles. The van der Waals surface area contributed by atoms with Crippen LogP contribution < -0.4 is 0 Å². The Morgan fingerprint density at radius 1 is 1.35 bits per heavy atom. The third kappa shape index (κ3) is 2.50. The molecule has 0 aromatic heterocycles. The second kappa shape index (κ2) is 4.61. The van der Waals surface area contributed by atoms with Crippen LogP contribution in [0.25, 0.3) is 0 Å². The molecule has 96 valence electrons. The van der Waals surface area contributed by atoms with Crippen LogP contribution >= 0.6 is 0 Å². The van der Waals surface area contributed by atoms with Gasteiger partial charge in [-0.1, -0.05) is 39.0 Å². The molecule has 0 bridgehead atoms. The van der Waals surface area contributed by atoms with Gasteiger partial charge in [-0.05, 0) is 38.0 Å². The minimum atomic E-state index is -0.781. The third-order valence-electron chi connectivity index (χ3n) is 5.06. The normalized spacial score (nSPS) is 37.2. The molecule has 0 spiro atoms. The van der Waals surface area contributed by atoms with Crippen LogP contribution in [0.3, 0.4) is 0 Å². The van der Waals surface area contributed by atoms with Crippen LogP contribution in [0.4, 0.5) is 0 Å².